The number of hydrogen-bond donors (Lipinski definition) is 2. The topological polar surface area (TPSA) is 111 Å². The molecule has 0 bridgehead atoms. The summed E-state index contributed by atoms with van der Waals surface area (Å²) >= 11 is 1.36. The summed E-state index contributed by atoms with van der Waals surface area (Å²) < 4.78 is 5.42. The molecule has 0 saturated carbocycles. The van der Waals surface area contributed by atoms with Crippen molar-refractivity contribution in [3.05, 3.63) is 88.5 Å². The summed E-state index contributed by atoms with van der Waals surface area (Å²) in [7, 11) is 0. The average Bonchev–Trinajstić information content (AvgIpc) is 2.80. The van der Waals surface area contributed by atoms with Crippen LogP contribution in [-0.2, 0) is 9.59 Å². The highest BCUT2D eigenvalue weighted by Gasteiger charge is 2.17. The number of rotatable bonds is 9. The van der Waals surface area contributed by atoms with Crippen LogP contribution in [0.15, 0.2) is 77.7 Å². The number of non-ortho nitro benzene ring substituents is 1. The second kappa shape index (κ2) is 11.1. The molecular formula is C24H23N3O5S. The number of hydrogen-bond acceptors (Lipinski definition) is 6. The second-order valence-electron chi connectivity index (χ2n) is 7.18. The zero-order valence-corrected chi connectivity index (χ0v) is 18.9. The first-order valence-corrected chi connectivity index (χ1v) is 11.0. The van der Waals surface area contributed by atoms with Crippen LogP contribution in [-0.4, -0.2) is 28.6 Å². The Hall–Kier alpha value is -3.85. The van der Waals surface area contributed by atoms with Gasteiger partial charge in [0.25, 0.3) is 11.6 Å². The van der Waals surface area contributed by atoms with E-state index in [1.807, 2.05) is 30.3 Å². The lowest BCUT2D eigenvalue weighted by molar-refractivity contribution is -0.384. The fraction of sp³-hybridized carbons (Fsp3) is 0.167. The number of anilines is 2. The van der Waals surface area contributed by atoms with E-state index in [0.29, 0.717) is 22.7 Å². The van der Waals surface area contributed by atoms with Gasteiger partial charge in [-0.2, -0.15) is 0 Å². The average molecular weight is 466 g/mol. The van der Waals surface area contributed by atoms with Crippen LogP contribution in [0.1, 0.15) is 12.5 Å². The van der Waals surface area contributed by atoms with E-state index >= 15 is 0 Å². The molecule has 3 aromatic carbocycles. The van der Waals surface area contributed by atoms with E-state index in [-0.39, 0.29) is 24.1 Å². The molecule has 0 radical (unpaired) electrons. The van der Waals surface area contributed by atoms with Gasteiger partial charge in [0.05, 0.1) is 10.2 Å². The van der Waals surface area contributed by atoms with Crippen LogP contribution in [0.2, 0.25) is 0 Å². The van der Waals surface area contributed by atoms with Gasteiger partial charge in [-0.15, -0.1) is 11.8 Å². The number of aryl methyl sites for hydroxylation is 1. The van der Waals surface area contributed by atoms with Crippen LogP contribution in [0.5, 0.6) is 5.75 Å². The lowest BCUT2D eigenvalue weighted by Crippen LogP contribution is -2.22. The highest BCUT2D eigenvalue weighted by molar-refractivity contribution is 8.00. The monoisotopic (exact) mass is 465 g/mol. The van der Waals surface area contributed by atoms with Crippen molar-refractivity contribution in [3.8, 4) is 5.75 Å². The third-order valence-electron chi connectivity index (χ3n) is 4.61. The summed E-state index contributed by atoms with van der Waals surface area (Å²) in [6, 6.07) is 20.5. The molecule has 1 unspecified atom stereocenters. The molecule has 0 aliphatic rings. The summed E-state index contributed by atoms with van der Waals surface area (Å²) in [6.45, 7) is 3.38. The maximum Gasteiger partial charge on any atom is 0.269 e. The number of carbonyl (C=O) groups excluding carboxylic acids is 2. The molecule has 2 amide bonds. The van der Waals surface area contributed by atoms with Gasteiger partial charge in [-0.1, -0.05) is 18.2 Å². The standard InChI is InChI=1S/C24H23N3O5S/c1-16-14-19(27(30)31)10-13-22(16)26-24(29)17(2)33-21-11-8-18(9-12-21)25-23(28)15-32-20-6-4-3-5-7-20/h3-14,17H,15H2,1-2H3,(H,25,28)(H,26,29). The van der Waals surface area contributed by atoms with Crippen LogP contribution in [0.4, 0.5) is 17.1 Å². The number of amides is 2. The molecule has 9 heteroatoms. The number of thioether (sulfide) groups is 1. The molecule has 3 aromatic rings. The molecule has 0 aliphatic heterocycles. The first-order chi connectivity index (χ1) is 15.8. The summed E-state index contributed by atoms with van der Waals surface area (Å²) in [5, 5.41) is 16.0. The first-order valence-electron chi connectivity index (χ1n) is 10.1. The lowest BCUT2D eigenvalue weighted by Gasteiger charge is -2.14. The van der Waals surface area contributed by atoms with Crippen LogP contribution < -0.4 is 15.4 Å². The van der Waals surface area contributed by atoms with E-state index in [1.54, 1.807) is 38.1 Å². The second-order valence-corrected chi connectivity index (χ2v) is 8.59. The van der Waals surface area contributed by atoms with Gasteiger partial charge < -0.3 is 15.4 Å². The van der Waals surface area contributed by atoms with Crippen LogP contribution >= 0.6 is 11.8 Å². The maximum absolute atomic E-state index is 12.6. The van der Waals surface area contributed by atoms with Crippen LogP contribution in [0.3, 0.4) is 0 Å². The van der Waals surface area contributed by atoms with Crippen molar-refractivity contribution in [3.63, 3.8) is 0 Å². The Morgan fingerprint density at radius 1 is 1.03 bits per heavy atom. The van der Waals surface area contributed by atoms with E-state index in [2.05, 4.69) is 10.6 Å². The van der Waals surface area contributed by atoms with E-state index in [0.717, 1.165) is 4.90 Å². The number of nitrogens with one attached hydrogen (secondary N) is 2. The lowest BCUT2D eigenvalue weighted by atomic mass is 10.2. The van der Waals surface area contributed by atoms with Gasteiger partial charge in [0.15, 0.2) is 6.61 Å². The molecule has 0 aromatic heterocycles. The fourth-order valence-corrected chi connectivity index (χ4v) is 3.74. The van der Waals surface area contributed by atoms with Crippen molar-refractivity contribution in [2.45, 2.75) is 24.0 Å². The Balaban J connectivity index is 1.50. The SMILES string of the molecule is Cc1cc([N+](=O)[O-])ccc1NC(=O)C(C)Sc1ccc(NC(=O)COc2ccccc2)cc1. The summed E-state index contributed by atoms with van der Waals surface area (Å²) in [5.74, 6) is 0.133. The van der Waals surface area contributed by atoms with Crippen molar-refractivity contribution in [1.82, 2.24) is 0 Å². The highest BCUT2D eigenvalue weighted by atomic mass is 32.2. The van der Waals surface area contributed by atoms with Gasteiger partial charge in [0, 0.05) is 28.4 Å². The fourth-order valence-electron chi connectivity index (χ4n) is 2.87. The van der Waals surface area contributed by atoms with Crippen molar-refractivity contribution >= 4 is 40.6 Å². The largest absolute Gasteiger partial charge is 0.484 e. The minimum Gasteiger partial charge on any atom is -0.484 e. The number of nitro benzene ring substituents is 1. The van der Waals surface area contributed by atoms with Crippen molar-refractivity contribution < 1.29 is 19.2 Å². The molecular weight excluding hydrogens is 442 g/mol. The molecule has 2 N–H and O–H groups in total. The van der Waals surface area contributed by atoms with Gasteiger partial charge in [0.2, 0.25) is 5.91 Å². The molecule has 0 saturated heterocycles. The van der Waals surface area contributed by atoms with Crippen molar-refractivity contribution in [1.29, 1.82) is 0 Å². The Labute approximate surface area is 195 Å². The number of para-hydroxylation sites is 1. The van der Waals surface area contributed by atoms with Crippen molar-refractivity contribution in [2.24, 2.45) is 0 Å². The first kappa shape index (κ1) is 23.8. The zero-order valence-electron chi connectivity index (χ0n) is 18.1. The molecule has 170 valence electrons. The predicted molar refractivity (Wildman–Crippen MR) is 129 cm³/mol. The predicted octanol–water partition coefficient (Wildman–Crippen LogP) is 5.04. The molecule has 1 atom stereocenters. The van der Waals surface area contributed by atoms with Gasteiger partial charge in [-0.3, -0.25) is 19.7 Å². The van der Waals surface area contributed by atoms with Gasteiger partial charge in [-0.05, 0) is 61.9 Å². The molecule has 33 heavy (non-hydrogen) atoms. The smallest absolute Gasteiger partial charge is 0.269 e. The van der Waals surface area contributed by atoms with Gasteiger partial charge in [0.1, 0.15) is 5.75 Å². The Morgan fingerprint density at radius 3 is 2.36 bits per heavy atom. The highest BCUT2D eigenvalue weighted by Crippen LogP contribution is 2.27. The van der Waals surface area contributed by atoms with Gasteiger partial charge >= 0.3 is 0 Å². The Bertz CT molecular complexity index is 1140. The molecule has 3 rings (SSSR count). The van der Waals surface area contributed by atoms with E-state index < -0.39 is 10.2 Å². The van der Waals surface area contributed by atoms with Gasteiger partial charge in [-0.25, -0.2) is 0 Å². The van der Waals surface area contributed by atoms with E-state index in [9.17, 15) is 19.7 Å². The molecule has 0 heterocycles. The van der Waals surface area contributed by atoms with Crippen LogP contribution in [0, 0.1) is 17.0 Å². The maximum atomic E-state index is 12.6. The minimum absolute atomic E-state index is 0.0215. The van der Waals surface area contributed by atoms with E-state index in [4.69, 9.17) is 4.74 Å². The summed E-state index contributed by atoms with van der Waals surface area (Å²) in [4.78, 5) is 35.9. The molecule has 8 nitrogen and oxygen atoms in total. The quantitative estimate of drug-likeness (QED) is 0.260. The van der Waals surface area contributed by atoms with Crippen molar-refractivity contribution in [2.75, 3.05) is 17.2 Å². The zero-order chi connectivity index (χ0) is 23.8. The molecule has 0 fully saturated rings. The summed E-state index contributed by atoms with van der Waals surface area (Å²) in [5.41, 5.74) is 1.76. The Morgan fingerprint density at radius 2 is 1.73 bits per heavy atom. The summed E-state index contributed by atoms with van der Waals surface area (Å²) in [6.07, 6.45) is 0. The number of carbonyl (C=O) groups is 2. The third kappa shape index (κ3) is 7.08. The normalized spacial score (nSPS) is 11.3. The number of ether oxygens (including phenoxy) is 1. The Kier molecular flexibility index (Phi) is 8.04. The molecule has 0 aliphatic carbocycles. The van der Waals surface area contributed by atoms with Crippen LogP contribution in [0.25, 0.3) is 0 Å². The molecule has 0 spiro atoms. The number of nitro groups is 1. The third-order valence-corrected chi connectivity index (χ3v) is 5.72. The number of benzene rings is 3. The number of nitrogens with zero attached hydrogens (tertiary/aromatic N) is 1. The minimum atomic E-state index is -0.473. The van der Waals surface area contributed by atoms with E-state index in [1.165, 1.54) is 30.0 Å².